The van der Waals surface area contributed by atoms with Crippen molar-refractivity contribution in [2.24, 2.45) is 4.99 Å². The van der Waals surface area contributed by atoms with Crippen LogP contribution in [0.3, 0.4) is 0 Å². The quantitative estimate of drug-likeness (QED) is 0.322. The van der Waals surface area contributed by atoms with Crippen molar-refractivity contribution in [1.82, 2.24) is 20.3 Å². The van der Waals surface area contributed by atoms with E-state index in [0.29, 0.717) is 19.1 Å². The predicted molar refractivity (Wildman–Crippen MR) is 131 cm³/mol. The van der Waals surface area contributed by atoms with Crippen LogP contribution in [0, 0.1) is 0 Å². The van der Waals surface area contributed by atoms with Crippen LogP contribution < -0.4 is 10.1 Å². The molecule has 0 radical (unpaired) electrons. The Labute approximate surface area is 196 Å². The van der Waals surface area contributed by atoms with Crippen molar-refractivity contribution < 1.29 is 9.26 Å². The SMILES string of the molecule is CCNC(=NCc1cc(C(C)C)no1)N1CCN(CCOc2ccccc2)CC1.I. The van der Waals surface area contributed by atoms with E-state index in [2.05, 4.69) is 41.0 Å². The highest BCUT2D eigenvalue weighted by atomic mass is 127. The van der Waals surface area contributed by atoms with Gasteiger partial charge in [-0.25, -0.2) is 4.99 Å². The van der Waals surface area contributed by atoms with Crippen LogP contribution >= 0.6 is 24.0 Å². The van der Waals surface area contributed by atoms with Crippen LogP contribution in [0.25, 0.3) is 0 Å². The van der Waals surface area contributed by atoms with Crippen molar-refractivity contribution in [1.29, 1.82) is 0 Å². The summed E-state index contributed by atoms with van der Waals surface area (Å²) in [5.74, 6) is 3.04. The van der Waals surface area contributed by atoms with Gasteiger partial charge in [-0.05, 0) is 25.0 Å². The van der Waals surface area contributed by atoms with Gasteiger partial charge >= 0.3 is 0 Å². The van der Waals surface area contributed by atoms with E-state index in [1.165, 1.54) is 0 Å². The second-order valence-corrected chi connectivity index (χ2v) is 7.53. The van der Waals surface area contributed by atoms with E-state index in [1.54, 1.807) is 0 Å². The van der Waals surface area contributed by atoms with Gasteiger partial charge in [0.15, 0.2) is 11.7 Å². The molecule has 0 amide bonds. The number of rotatable bonds is 8. The van der Waals surface area contributed by atoms with Crippen molar-refractivity contribution in [3.8, 4) is 5.75 Å². The fourth-order valence-corrected chi connectivity index (χ4v) is 3.25. The third kappa shape index (κ3) is 7.46. The Kier molecular flexibility index (Phi) is 10.4. The molecule has 1 aliphatic heterocycles. The fraction of sp³-hybridized carbons (Fsp3) is 0.545. The fourth-order valence-electron chi connectivity index (χ4n) is 3.25. The van der Waals surface area contributed by atoms with E-state index >= 15 is 0 Å². The first-order chi connectivity index (χ1) is 14.2. The van der Waals surface area contributed by atoms with Gasteiger partial charge in [-0.15, -0.1) is 24.0 Å². The van der Waals surface area contributed by atoms with Crippen LogP contribution in [0.2, 0.25) is 0 Å². The normalized spacial score (nSPS) is 15.2. The van der Waals surface area contributed by atoms with E-state index in [0.717, 1.165) is 62.4 Å². The molecule has 0 spiro atoms. The molecular formula is C22H34IN5O2. The van der Waals surface area contributed by atoms with Gasteiger partial charge in [0.25, 0.3) is 0 Å². The summed E-state index contributed by atoms with van der Waals surface area (Å²) < 4.78 is 11.2. The number of benzene rings is 1. The lowest BCUT2D eigenvalue weighted by atomic mass is 10.1. The summed E-state index contributed by atoms with van der Waals surface area (Å²) >= 11 is 0. The number of aromatic nitrogens is 1. The maximum absolute atomic E-state index is 5.82. The van der Waals surface area contributed by atoms with E-state index in [-0.39, 0.29) is 24.0 Å². The first kappa shape index (κ1) is 24.5. The Morgan fingerprint density at radius 3 is 2.57 bits per heavy atom. The summed E-state index contributed by atoms with van der Waals surface area (Å²) in [4.78, 5) is 9.52. The Morgan fingerprint density at radius 1 is 1.20 bits per heavy atom. The number of aliphatic imine (C=N–C) groups is 1. The monoisotopic (exact) mass is 527 g/mol. The van der Waals surface area contributed by atoms with Crippen LogP contribution in [-0.2, 0) is 6.54 Å². The van der Waals surface area contributed by atoms with Crippen molar-refractivity contribution in [2.45, 2.75) is 33.2 Å². The van der Waals surface area contributed by atoms with Gasteiger partial charge in [-0.2, -0.15) is 0 Å². The first-order valence-electron chi connectivity index (χ1n) is 10.5. The molecule has 7 nitrogen and oxygen atoms in total. The number of ether oxygens (including phenoxy) is 1. The Balaban J connectivity index is 0.00000320. The first-order valence-corrected chi connectivity index (χ1v) is 10.5. The van der Waals surface area contributed by atoms with Crippen molar-refractivity contribution in [2.75, 3.05) is 45.9 Å². The summed E-state index contributed by atoms with van der Waals surface area (Å²) in [7, 11) is 0. The molecule has 1 fully saturated rings. The van der Waals surface area contributed by atoms with Gasteiger partial charge in [0, 0.05) is 45.3 Å². The molecule has 166 valence electrons. The molecule has 1 aromatic heterocycles. The van der Waals surface area contributed by atoms with Gasteiger partial charge < -0.3 is 19.5 Å². The second-order valence-electron chi connectivity index (χ2n) is 7.53. The molecule has 1 aromatic carbocycles. The maximum Gasteiger partial charge on any atom is 0.194 e. The van der Waals surface area contributed by atoms with Crippen molar-refractivity contribution in [3.63, 3.8) is 0 Å². The molecule has 8 heteroatoms. The number of hydrogen-bond donors (Lipinski definition) is 1. The average Bonchev–Trinajstić information content (AvgIpc) is 3.22. The topological polar surface area (TPSA) is 66.1 Å². The molecule has 1 saturated heterocycles. The Morgan fingerprint density at radius 2 is 1.93 bits per heavy atom. The zero-order valence-electron chi connectivity index (χ0n) is 18.2. The molecule has 1 N–H and O–H groups in total. The molecule has 0 atom stereocenters. The summed E-state index contributed by atoms with van der Waals surface area (Å²) in [5.41, 5.74) is 0.978. The lowest BCUT2D eigenvalue weighted by Crippen LogP contribution is -2.53. The smallest absolute Gasteiger partial charge is 0.194 e. The number of nitrogens with zero attached hydrogens (tertiary/aromatic N) is 4. The molecule has 0 aliphatic carbocycles. The average molecular weight is 527 g/mol. The molecule has 0 unspecified atom stereocenters. The Hall–Kier alpha value is -1.81. The van der Waals surface area contributed by atoms with E-state index < -0.39 is 0 Å². The van der Waals surface area contributed by atoms with Crippen LogP contribution in [0.1, 0.15) is 38.1 Å². The van der Waals surface area contributed by atoms with Gasteiger partial charge in [0.2, 0.25) is 0 Å². The van der Waals surface area contributed by atoms with Gasteiger partial charge in [0.05, 0.1) is 5.69 Å². The van der Waals surface area contributed by atoms with Crippen molar-refractivity contribution >= 4 is 29.9 Å². The Bertz CT molecular complexity index is 758. The zero-order valence-corrected chi connectivity index (χ0v) is 20.5. The molecule has 3 rings (SSSR count). The third-order valence-electron chi connectivity index (χ3n) is 4.98. The summed E-state index contributed by atoms with van der Waals surface area (Å²) in [6.45, 7) is 13.2. The minimum absolute atomic E-state index is 0. The van der Waals surface area contributed by atoms with Crippen molar-refractivity contribution in [3.05, 3.63) is 47.9 Å². The van der Waals surface area contributed by atoms with Crippen LogP contribution in [-0.4, -0.2) is 66.8 Å². The lowest BCUT2D eigenvalue weighted by Gasteiger charge is -2.36. The number of halogens is 1. The minimum Gasteiger partial charge on any atom is -0.492 e. The van der Waals surface area contributed by atoms with Crippen LogP contribution in [0.15, 0.2) is 45.9 Å². The summed E-state index contributed by atoms with van der Waals surface area (Å²) in [6, 6.07) is 12.0. The number of guanidine groups is 1. The zero-order chi connectivity index (χ0) is 20.5. The van der Waals surface area contributed by atoms with Gasteiger partial charge in [-0.1, -0.05) is 37.2 Å². The van der Waals surface area contributed by atoms with E-state index in [4.69, 9.17) is 14.3 Å². The molecule has 0 bridgehead atoms. The molecule has 2 heterocycles. The predicted octanol–water partition coefficient (Wildman–Crippen LogP) is 3.58. The second kappa shape index (κ2) is 12.8. The standard InChI is InChI=1S/C22H33N5O2.HI/c1-4-23-22(24-17-20-16-21(18(2)3)25-29-20)27-12-10-26(11-13-27)14-15-28-19-8-6-5-7-9-19;/h5-9,16,18H,4,10-15,17H2,1-3H3,(H,23,24);1H. The highest BCUT2D eigenvalue weighted by Gasteiger charge is 2.19. The highest BCUT2D eigenvalue weighted by Crippen LogP contribution is 2.15. The minimum atomic E-state index is 0. The number of hydrogen-bond acceptors (Lipinski definition) is 5. The molecule has 0 saturated carbocycles. The van der Waals surface area contributed by atoms with E-state index in [9.17, 15) is 0 Å². The molecule has 1 aliphatic rings. The maximum atomic E-state index is 5.82. The molecule has 2 aromatic rings. The van der Waals surface area contributed by atoms with Crippen LogP contribution in [0.5, 0.6) is 5.75 Å². The number of para-hydroxylation sites is 1. The van der Waals surface area contributed by atoms with Gasteiger partial charge in [0.1, 0.15) is 18.9 Å². The number of piperazine rings is 1. The summed E-state index contributed by atoms with van der Waals surface area (Å²) in [5, 5.41) is 7.52. The van der Waals surface area contributed by atoms with Crippen LogP contribution in [0.4, 0.5) is 0 Å². The summed E-state index contributed by atoms with van der Waals surface area (Å²) in [6.07, 6.45) is 0. The third-order valence-corrected chi connectivity index (χ3v) is 4.98. The number of nitrogens with one attached hydrogen (secondary N) is 1. The van der Waals surface area contributed by atoms with E-state index in [1.807, 2.05) is 36.4 Å². The highest BCUT2D eigenvalue weighted by molar-refractivity contribution is 14.0. The molecular weight excluding hydrogens is 493 g/mol. The largest absolute Gasteiger partial charge is 0.492 e. The molecule has 30 heavy (non-hydrogen) atoms. The lowest BCUT2D eigenvalue weighted by molar-refractivity contribution is 0.152. The van der Waals surface area contributed by atoms with Gasteiger partial charge in [-0.3, -0.25) is 4.90 Å².